The summed E-state index contributed by atoms with van der Waals surface area (Å²) in [5.41, 5.74) is 0. The van der Waals surface area contributed by atoms with Crippen molar-refractivity contribution in [3.05, 3.63) is 0 Å². The van der Waals surface area contributed by atoms with Gasteiger partial charge in [0.05, 0.1) is 0 Å². The maximum absolute atomic E-state index is 10.1. The highest BCUT2D eigenvalue weighted by Gasteiger charge is 2.18. The highest BCUT2D eigenvalue weighted by atomic mass is 16.5. The van der Waals surface area contributed by atoms with E-state index in [-0.39, 0.29) is 19.3 Å². The van der Waals surface area contributed by atoms with Gasteiger partial charge in [-0.15, -0.1) is 0 Å². The Kier molecular flexibility index (Phi) is 4.85. The molecule has 0 aliphatic rings. The molecule has 0 atom stereocenters. The van der Waals surface area contributed by atoms with Gasteiger partial charge in [0.1, 0.15) is 0 Å². The van der Waals surface area contributed by atoms with Gasteiger partial charge < -0.3 is 15.3 Å². The van der Waals surface area contributed by atoms with Crippen molar-refractivity contribution >= 4 is 5.97 Å². The average molecular weight is 176 g/mol. The molecule has 0 aromatic carbocycles. The fraction of sp³-hybridized carbons (Fsp3) is 0.875. The number of unbranched alkanes of at least 4 members (excludes halogenated alkanes) is 1. The maximum Gasteiger partial charge on any atom is 0.303 e. The van der Waals surface area contributed by atoms with Gasteiger partial charge in [-0.25, -0.2) is 0 Å². The van der Waals surface area contributed by atoms with Gasteiger partial charge in [0.25, 0.3) is 0 Å². The second-order valence-electron chi connectivity index (χ2n) is 2.94. The van der Waals surface area contributed by atoms with Crippen LogP contribution in [0.25, 0.3) is 0 Å². The van der Waals surface area contributed by atoms with Gasteiger partial charge in [-0.2, -0.15) is 0 Å². The normalized spacial score (nSPS) is 11.6. The molecule has 0 heterocycles. The minimum atomic E-state index is -1.61. The summed E-state index contributed by atoms with van der Waals surface area (Å²) in [7, 11) is 0. The average Bonchev–Trinajstić information content (AvgIpc) is 1.98. The van der Waals surface area contributed by atoms with Crippen molar-refractivity contribution in [3.8, 4) is 0 Å². The number of aliphatic hydroxyl groups is 2. The number of aliphatic carboxylic acids is 1. The molecule has 0 aliphatic heterocycles. The van der Waals surface area contributed by atoms with Gasteiger partial charge in [0, 0.05) is 12.8 Å². The third kappa shape index (κ3) is 6.12. The molecular weight excluding hydrogens is 160 g/mol. The third-order valence-corrected chi connectivity index (χ3v) is 1.78. The van der Waals surface area contributed by atoms with Crippen molar-refractivity contribution in [2.45, 2.75) is 44.8 Å². The van der Waals surface area contributed by atoms with Gasteiger partial charge in [-0.1, -0.05) is 6.92 Å². The summed E-state index contributed by atoms with van der Waals surface area (Å²) in [5, 5.41) is 26.5. The zero-order valence-corrected chi connectivity index (χ0v) is 7.29. The third-order valence-electron chi connectivity index (χ3n) is 1.78. The molecule has 4 heteroatoms. The van der Waals surface area contributed by atoms with E-state index in [4.69, 9.17) is 15.3 Å². The van der Waals surface area contributed by atoms with Crippen LogP contribution >= 0.6 is 0 Å². The maximum atomic E-state index is 10.1. The van der Waals surface area contributed by atoms with Crippen LogP contribution in [0.15, 0.2) is 0 Å². The Hall–Kier alpha value is -0.610. The molecule has 0 saturated carbocycles. The summed E-state index contributed by atoms with van der Waals surface area (Å²) in [4.78, 5) is 10.1. The first-order chi connectivity index (χ1) is 5.48. The lowest BCUT2D eigenvalue weighted by Gasteiger charge is -2.18. The Morgan fingerprint density at radius 3 is 2.33 bits per heavy atom. The van der Waals surface area contributed by atoms with Gasteiger partial charge in [-0.05, 0) is 19.3 Å². The predicted molar refractivity (Wildman–Crippen MR) is 43.6 cm³/mol. The van der Waals surface area contributed by atoms with Crippen LogP contribution in [0.2, 0.25) is 0 Å². The van der Waals surface area contributed by atoms with Crippen molar-refractivity contribution in [1.29, 1.82) is 0 Å². The molecule has 0 spiro atoms. The van der Waals surface area contributed by atoms with Crippen molar-refractivity contribution < 1.29 is 20.1 Å². The van der Waals surface area contributed by atoms with E-state index in [2.05, 4.69) is 0 Å². The predicted octanol–water partition coefficient (Wildman–Crippen LogP) is 0.722. The molecule has 0 unspecified atom stereocenters. The number of hydrogen-bond donors (Lipinski definition) is 3. The molecule has 0 aromatic rings. The second-order valence-corrected chi connectivity index (χ2v) is 2.94. The first-order valence-corrected chi connectivity index (χ1v) is 4.14. The molecule has 0 aliphatic carbocycles. The van der Waals surface area contributed by atoms with Crippen LogP contribution in [0.5, 0.6) is 0 Å². The number of carbonyl (C=O) groups is 1. The zero-order valence-electron chi connectivity index (χ0n) is 7.29. The summed E-state index contributed by atoms with van der Waals surface area (Å²) in [5.74, 6) is -2.45. The molecule has 0 aromatic heterocycles. The summed E-state index contributed by atoms with van der Waals surface area (Å²) in [6.07, 6.45) is 1.65. The minimum absolute atomic E-state index is 0.0970. The molecule has 3 N–H and O–H groups in total. The van der Waals surface area contributed by atoms with E-state index in [1.54, 1.807) is 6.92 Å². The van der Waals surface area contributed by atoms with E-state index in [9.17, 15) is 4.79 Å². The molecule has 0 amide bonds. The van der Waals surface area contributed by atoms with Crippen LogP contribution in [0.3, 0.4) is 0 Å². The molecule has 4 nitrogen and oxygen atoms in total. The molecule has 0 rings (SSSR count). The van der Waals surface area contributed by atoms with E-state index in [1.807, 2.05) is 0 Å². The van der Waals surface area contributed by atoms with Crippen LogP contribution < -0.4 is 0 Å². The van der Waals surface area contributed by atoms with Gasteiger partial charge in [-0.3, -0.25) is 4.79 Å². The van der Waals surface area contributed by atoms with Crippen LogP contribution in [0, 0.1) is 0 Å². The highest BCUT2D eigenvalue weighted by molar-refractivity contribution is 5.66. The molecule has 72 valence electrons. The van der Waals surface area contributed by atoms with Crippen molar-refractivity contribution in [1.82, 2.24) is 0 Å². The quantitative estimate of drug-likeness (QED) is 0.411. The zero-order chi connectivity index (χ0) is 9.61. The highest BCUT2D eigenvalue weighted by Crippen LogP contribution is 2.14. The molecule has 0 saturated heterocycles. The molecule has 12 heavy (non-hydrogen) atoms. The number of carboxylic acids is 1. The second kappa shape index (κ2) is 5.11. The smallest absolute Gasteiger partial charge is 0.303 e. The minimum Gasteiger partial charge on any atom is -0.481 e. The SMILES string of the molecule is CCC(O)(O)CCCCC(=O)O. The molecule has 0 fully saturated rings. The van der Waals surface area contributed by atoms with Crippen molar-refractivity contribution in [3.63, 3.8) is 0 Å². The van der Waals surface area contributed by atoms with E-state index in [1.165, 1.54) is 0 Å². The number of rotatable bonds is 6. The first kappa shape index (κ1) is 11.4. The molecule has 0 bridgehead atoms. The molecule has 0 radical (unpaired) electrons. The largest absolute Gasteiger partial charge is 0.481 e. The van der Waals surface area contributed by atoms with Gasteiger partial charge in [0.15, 0.2) is 5.79 Å². The summed E-state index contributed by atoms with van der Waals surface area (Å²) in [6, 6.07) is 0. The number of hydrogen-bond acceptors (Lipinski definition) is 3. The van der Waals surface area contributed by atoms with Crippen LogP contribution in [0.1, 0.15) is 39.0 Å². The topological polar surface area (TPSA) is 77.8 Å². The lowest BCUT2D eigenvalue weighted by molar-refractivity contribution is -0.168. The van der Waals surface area contributed by atoms with Crippen molar-refractivity contribution in [2.24, 2.45) is 0 Å². The molecular formula is C8H16O4. The summed E-state index contributed by atoms with van der Waals surface area (Å²) >= 11 is 0. The van der Waals surface area contributed by atoms with E-state index >= 15 is 0 Å². The first-order valence-electron chi connectivity index (χ1n) is 4.14. The Morgan fingerprint density at radius 1 is 1.33 bits per heavy atom. The Labute approximate surface area is 71.8 Å². The fourth-order valence-corrected chi connectivity index (χ4v) is 0.861. The Bertz CT molecular complexity index is 142. The standard InChI is InChI=1S/C8H16O4/c1-2-8(11,12)6-4-3-5-7(9)10/h11-12H,2-6H2,1H3,(H,9,10). The van der Waals surface area contributed by atoms with Gasteiger partial charge in [0.2, 0.25) is 0 Å². The van der Waals surface area contributed by atoms with E-state index in [0.717, 1.165) is 0 Å². The van der Waals surface area contributed by atoms with E-state index < -0.39 is 11.8 Å². The summed E-state index contributed by atoms with van der Waals surface area (Å²) < 4.78 is 0. The lowest BCUT2D eigenvalue weighted by atomic mass is 10.1. The van der Waals surface area contributed by atoms with Gasteiger partial charge >= 0.3 is 5.97 Å². The number of carboxylic acid groups (broad SMARTS) is 1. The fourth-order valence-electron chi connectivity index (χ4n) is 0.861. The lowest BCUT2D eigenvalue weighted by Crippen LogP contribution is -2.26. The van der Waals surface area contributed by atoms with Crippen LogP contribution in [0.4, 0.5) is 0 Å². The Balaban J connectivity index is 3.37. The summed E-state index contributed by atoms with van der Waals surface area (Å²) in [6.45, 7) is 1.68. The Morgan fingerprint density at radius 2 is 1.92 bits per heavy atom. The van der Waals surface area contributed by atoms with E-state index in [0.29, 0.717) is 12.8 Å². The monoisotopic (exact) mass is 176 g/mol. The van der Waals surface area contributed by atoms with Crippen LogP contribution in [-0.4, -0.2) is 27.1 Å². The van der Waals surface area contributed by atoms with Crippen molar-refractivity contribution in [2.75, 3.05) is 0 Å². The van der Waals surface area contributed by atoms with Crippen LogP contribution in [-0.2, 0) is 4.79 Å².